The van der Waals surface area contributed by atoms with Crippen LogP contribution in [0.4, 0.5) is 5.69 Å². The van der Waals surface area contributed by atoms with Crippen molar-refractivity contribution in [2.75, 3.05) is 5.32 Å². The van der Waals surface area contributed by atoms with Crippen molar-refractivity contribution in [1.29, 1.82) is 0 Å². The number of anilines is 1. The summed E-state index contributed by atoms with van der Waals surface area (Å²) in [6, 6.07) is 19.2. The number of benzene rings is 2. The maximum absolute atomic E-state index is 12.4. The molecule has 27 heavy (non-hydrogen) atoms. The Morgan fingerprint density at radius 1 is 0.963 bits per heavy atom. The summed E-state index contributed by atoms with van der Waals surface area (Å²) in [6.45, 7) is 0.217. The molecule has 0 aliphatic carbocycles. The molecule has 5 nitrogen and oxygen atoms in total. The lowest BCUT2D eigenvalue weighted by molar-refractivity contribution is -0.111. The molecule has 0 aliphatic rings. The molecule has 2 N–H and O–H groups in total. The first-order valence-corrected chi connectivity index (χ1v) is 10.6. The Morgan fingerprint density at radius 3 is 2.37 bits per heavy atom. The highest BCUT2D eigenvalue weighted by Gasteiger charge is 2.13. The van der Waals surface area contributed by atoms with Crippen molar-refractivity contribution in [3.63, 3.8) is 0 Å². The van der Waals surface area contributed by atoms with Crippen molar-refractivity contribution in [1.82, 2.24) is 4.72 Å². The second-order valence-electron chi connectivity index (χ2n) is 5.67. The molecule has 1 aromatic heterocycles. The second kappa shape index (κ2) is 8.77. The second-order valence-corrected chi connectivity index (χ2v) is 8.42. The van der Waals surface area contributed by atoms with Gasteiger partial charge in [-0.2, -0.15) is 0 Å². The molecule has 0 radical (unpaired) electrons. The molecule has 3 aromatic rings. The van der Waals surface area contributed by atoms with E-state index in [4.69, 9.17) is 0 Å². The van der Waals surface area contributed by atoms with Crippen molar-refractivity contribution >= 4 is 39.0 Å². The van der Waals surface area contributed by atoms with Gasteiger partial charge in [0, 0.05) is 23.2 Å². The Hall–Kier alpha value is -2.74. The van der Waals surface area contributed by atoms with Gasteiger partial charge in [-0.25, -0.2) is 13.1 Å². The molecule has 1 heterocycles. The van der Waals surface area contributed by atoms with Crippen LogP contribution in [0.1, 0.15) is 10.4 Å². The fraction of sp³-hybridized carbons (Fsp3) is 0.0500. The summed E-state index contributed by atoms with van der Waals surface area (Å²) in [5.41, 5.74) is 1.40. The maximum atomic E-state index is 12.4. The number of hydrogen-bond donors (Lipinski definition) is 2. The van der Waals surface area contributed by atoms with E-state index >= 15 is 0 Å². The van der Waals surface area contributed by atoms with Gasteiger partial charge in [0.15, 0.2) is 0 Å². The van der Waals surface area contributed by atoms with Crippen LogP contribution in [0.2, 0.25) is 0 Å². The molecule has 0 saturated heterocycles. The van der Waals surface area contributed by atoms with Gasteiger partial charge in [-0.1, -0.05) is 36.4 Å². The Morgan fingerprint density at radius 2 is 1.70 bits per heavy atom. The molecule has 138 valence electrons. The fourth-order valence-corrected chi connectivity index (χ4v) is 3.94. The number of amides is 1. The molecular formula is C20H18N2O3S2. The van der Waals surface area contributed by atoms with Crippen LogP contribution in [0, 0.1) is 0 Å². The lowest BCUT2D eigenvalue weighted by Gasteiger charge is -2.08. The summed E-state index contributed by atoms with van der Waals surface area (Å²) < 4.78 is 27.3. The highest BCUT2D eigenvalue weighted by molar-refractivity contribution is 7.89. The van der Waals surface area contributed by atoms with E-state index in [0.717, 1.165) is 10.4 Å². The third kappa shape index (κ3) is 5.62. The van der Waals surface area contributed by atoms with Crippen LogP contribution >= 0.6 is 11.3 Å². The standard InChI is InChI=1S/C20H18N2O3S2/c23-20(13-10-18-7-4-14-26-18)22-17-8-11-19(12-9-17)27(24,25)21-15-16-5-2-1-3-6-16/h1-14,21H,15H2,(H,22,23). The van der Waals surface area contributed by atoms with Crippen molar-refractivity contribution in [2.45, 2.75) is 11.4 Å². The zero-order valence-electron chi connectivity index (χ0n) is 14.3. The van der Waals surface area contributed by atoms with Gasteiger partial charge in [-0.15, -0.1) is 11.3 Å². The summed E-state index contributed by atoms with van der Waals surface area (Å²) >= 11 is 1.54. The van der Waals surface area contributed by atoms with Crippen LogP contribution in [-0.2, 0) is 21.4 Å². The summed E-state index contributed by atoms with van der Waals surface area (Å²) in [5.74, 6) is -0.277. The molecule has 0 saturated carbocycles. The van der Waals surface area contributed by atoms with Crippen molar-refractivity contribution in [3.8, 4) is 0 Å². The summed E-state index contributed by atoms with van der Waals surface area (Å²) in [4.78, 5) is 13.1. The van der Waals surface area contributed by atoms with Gasteiger partial charge in [-0.3, -0.25) is 4.79 Å². The monoisotopic (exact) mass is 398 g/mol. The van der Waals surface area contributed by atoms with Gasteiger partial charge in [0.2, 0.25) is 15.9 Å². The third-order valence-corrected chi connectivity index (χ3v) is 5.94. The number of thiophene rings is 1. The van der Waals surface area contributed by atoms with Crippen LogP contribution in [-0.4, -0.2) is 14.3 Å². The molecule has 0 aliphatic heterocycles. The highest BCUT2D eigenvalue weighted by Crippen LogP contribution is 2.15. The van der Waals surface area contributed by atoms with E-state index < -0.39 is 10.0 Å². The van der Waals surface area contributed by atoms with E-state index in [1.165, 1.54) is 29.5 Å². The van der Waals surface area contributed by atoms with E-state index in [1.807, 2.05) is 47.8 Å². The fourth-order valence-electron chi connectivity index (χ4n) is 2.30. The van der Waals surface area contributed by atoms with Gasteiger partial charge in [0.05, 0.1) is 4.90 Å². The number of hydrogen-bond acceptors (Lipinski definition) is 4. The van der Waals surface area contributed by atoms with Crippen molar-refractivity contribution in [2.24, 2.45) is 0 Å². The topological polar surface area (TPSA) is 75.3 Å². The molecule has 0 fully saturated rings. The quantitative estimate of drug-likeness (QED) is 0.593. The van der Waals surface area contributed by atoms with Crippen molar-refractivity contribution in [3.05, 3.63) is 88.6 Å². The zero-order valence-corrected chi connectivity index (χ0v) is 16.0. The smallest absolute Gasteiger partial charge is 0.248 e. The van der Waals surface area contributed by atoms with Crippen LogP contribution in [0.5, 0.6) is 0 Å². The highest BCUT2D eigenvalue weighted by atomic mass is 32.2. The minimum atomic E-state index is -3.62. The van der Waals surface area contributed by atoms with Crippen LogP contribution < -0.4 is 10.0 Å². The van der Waals surface area contributed by atoms with E-state index in [9.17, 15) is 13.2 Å². The molecule has 1 amide bonds. The summed E-state index contributed by atoms with van der Waals surface area (Å²) in [6.07, 6.45) is 3.17. The lowest BCUT2D eigenvalue weighted by Crippen LogP contribution is -2.23. The van der Waals surface area contributed by atoms with Crippen LogP contribution in [0.15, 0.2) is 83.1 Å². The number of nitrogens with one attached hydrogen (secondary N) is 2. The molecule has 7 heteroatoms. The molecule has 0 unspecified atom stereocenters. The Kier molecular flexibility index (Phi) is 6.18. The first-order chi connectivity index (χ1) is 13.0. The SMILES string of the molecule is O=C(C=Cc1cccs1)Nc1ccc(S(=O)(=O)NCc2ccccc2)cc1. The number of sulfonamides is 1. The average Bonchev–Trinajstić information content (AvgIpc) is 3.20. The van der Waals surface area contributed by atoms with Gasteiger partial charge in [0.25, 0.3) is 0 Å². The van der Waals surface area contributed by atoms with Gasteiger partial charge in [-0.05, 0) is 47.4 Å². The minimum absolute atomic E-state index is 0.144. The molecular weight excluding hydrogens is 380 g/mol. The molecule has 0 bridgehead atoms. The zero-order chi connectivity index (χ0) is 19.1. The van der Waals surface area contributed by atoms with E-state index in [1.54, 1.807) is 18.2 Å². The van der Waals surface area contributed by atoms with Crippen LogP contribution in [0.25, 0.3) is 6.08 Å². The molecule has 0 atom stereocenters. The van der Waals surface area contributed by atoms with E-state index in [0.29, 0.717) is 5.69 Å². The average molecular weight is 399 g/mol. The maximum Gasteiger partial charge on any atom is 0.248 e. The predicted octanol–water partition coefficient (Wildman–Crippen LogP) is 3.88. The number of carbonyl (C=O) groups excluding carboxylic acids is 1. The Labute approximate surface area is 162 Å². The lowest BCUT2D eigenvalue weighted by atomic mass is 10.2. The first kappa shape index (κ1) is 19.0. The third-order valence-electron chi connectivity index (χ3n) is 3.68. The summed E-state index contributed by atoms with van der Waals surface area (Å²) in [7, 11) is -3.62. The first-order valence-electron chi connectivity index (χ1n) is 8.19. The number of rotatable bonds is 7. The van der Waals surface area contributed by atoms with Gasteiger partial charge < -0.3 is 5.32 Å². The number of carbonyl (C=O) groups is 1. The van der Waals surface area contributed by atoms with Crippen molar-refractivity contribution < 1.29 is 13.2 Å². The Balaban J connectivity index is 1.59. The van der Waals surface area contributed by atoms with E-state index in [-0.39, 0.29) is 17.3 Å². The minimum Gasteiger partial charge on any atom is -0.323 e. The van der Waals surface area contributed by atoms with Gasteiger partial charge >= 0.3 is 0 Å². The van der Waals surface area contributed by atoms with E-state index in [2.05, 4.69) is 10.0 Å². The van der Waals surface area contributed by atoms with Crippen LogP contribution in [0.3, 0.4) is 0 Å². The molecule has 3 rings (SSSR count). The Bertz CT molecular complexity index is 1010. The normalized spacial score (nSPS) is 11.6. The summed E-state index contributed by atoms with van der Waals surface area (Å²) in [5, 5.41) is 4.64. The molecule has 2 aromatic carbocycles. The predicted molar refractivity (Wildman–Crippen MR) is 109 cm³/mol. The van der Waals surface area contributed by atoms with Gasteiger partial charge in [0.1, 0.15) is 0 Å². The largest absolute Gasteiger partial charge is 0.323 e. The molecule has 0 spiro atoms.